The quantitative estimate of drug-likeness (QED) is 0.776. The van der Waals surface area contributed by atoms with Gasteiger partial charge in [0.15, 0.2) is 5.13 Å². The number of amides is 1. The van der Waals surface area contributed by atoms with E-state index in [1.807, 2.05) is 35.7 Å². The summed E-state index contributed by atoms with van der Waals surface area (Å²) < 4.78 is 0. The lowest BCUT2D eigenvalue weighted by Gasteiger charge is -2.03. The Hall–Kier alpha value is -2.50. The number of carbonyl (C=O) groups is 1. The van der Waals surface area contributed by atoms with Crippen molar-refractivity contribution in [2.75, 3.05) is 11.9 Å². The fraction of sp³-hybridized carbons (Fsp3) is 0.0588. The Balaban J connectivity index is 1.80. The Bertz CT molecular complexity index is 766. The summed E-state index contributed by atoms with van der Waals surface area (Å²) in [5.41, 5.74) is 9.48. The summed E-state index contributed by atoms with van der Waals surface area (Å²) in [7, 11) is 0. The molecule has 22 heavy (non-hydrogen) atoms. The van der Waals surface area contributed by atoms with Gasteiger partial charge in [-0.25, -0.2) is 4.98 Å². The zero-order valence-electron chi connectivity index (χ0n) is 11.8. The van der Waals surface area contributed by atoms with Crippen molar-refractivity contribution in [3.05, 3.63) is 60.0 Å². The molecule has 3 aromatic rings. The number of nitrogens with two attached hydrogens (primary N) is 1. The van der Waals surface area contributed by atoms with Gasteiger partial charge in [-0.15, -0.1) is 11.3 Å². The van der Waals surface area contributed by atoms with E-state index < -0.39 is 0 Å². The largest absolute Gasteiger partial charge is 0.322 e. The van der Waals surface area contributed by atoms with E-state index in [4.69, 9.17) is 5.73 Å². The van der Waals surface area contributed by atoms with Crippen molar-refractivity contribution in [2.24, 2.45) is 5.73 Å². The molecule has 0 radical (unpaired) electrons. The van der Waals surface area contributed by atoms with Crippen LogP contribution in [0.5, 0.6) is 0 Å². The first kappa shape index (κ1) is 14.4. The first-order valence-corrected chi connectivity index (χ1v) is 7.75. The standard InChI is InChI=1S/C17H15N3OS/c18-10-16(21)20-17-19-15(11-22-17)14-8-6-13(7-9-14)12-4-2-1-3-5-12/h1-9,11H,10,18H2,(H,19,20,21). The van der Waals surface area contributed by atoms with Crippen molar-refractivity contribution < 1.29 is 4.79 Å². The summed E-state index contributed by atoms with van der Waals surface area (Å²) in [6.45, 7) is -0.0410. The predicted molar refractivity (Wildman–Crippen MR) is 90.7 cm³/mol. The molecule has 3 rings (SSSR count). The maximum Gasteiger partial charge on any atom is 0.239 e. The lowest BCUT2D eigenvalue weighted by molar-refractivity contribution is -0.114. The van der Waals surface area contributed by atoms with Gasteiger partial charge in [-0.05, 0) is 11.1 Å². The number of nitrogens with one attached hydrogen (secondary N) is 1. The van der Waals surface area contributed by atoms with E-state index in [1.54, 1.807) is 0 Å². The third kappa shape index (κ3) is 3.21. The zero-order chi connectivity index (χ0) is 15.4. The van der Waals surface area contributed by atoms with Gasteiger partial charge in [0.2, 0.25) is 5.91 Å². The molecule has 0 unspecified atom stereocenters. The van der Waals surface area contributed by atoms with Gasteiger partial charge in [-0.3, -0.25) is 4.79 Å². The van der Waals surface area contributed by atoms with Crippen molar-refractivity contribution in [1.29, 1.82) is 0 Å². The van der Waals surface area contributed by atoms with Crippen LogP contribution < -0.4 is 11.1 Å². The van der Waals surface area contributed by atoms with Gasteiger partial charge < -0.3 is 11.1 Å². The Labute approximate surface area is 132 Å². The number of aromatic nitrogens is 1. The lowest BCUT2D eigenvalue weighted by Crippen LogP contribution is -2.21. The zero-order valence-corrected chi connectivity index (χ0v) is 12.6. The minimum absolute atomic E-state index is 0.0410. The number of anilines is 1. The molecular formula is C17H15N3OS. The first-order valence-electron chi connectivity index (χ1n) is 6.87. The molecule has 1 heterocycles. The molecule has 1 aromatic heterocycles. The van der Waals surface area contributed by atoms with E-state index in [2.05, 4.69) is 34.6 Å². The molecular weight excluding hydrogens is 294 g/mol. The van der Waals surface area contributed by atoms with E-state index in [0.29, 0.717) is 5.13 Å². The number of hydrogen-bond donors (Lipinski definition) is 2. The summed E-state index contributed by atoms with van der Waals surface area (Å²) in [6.07, 6.45) is 0. The Morgan fingerprint density at radius 1 is 1.00 bits per heavy atom. The molecule has 2 aromatic carbocycles. The summed E-state index contributed by atoms with van der Waals surface area (Å²) in [6, 6.07) is 18.4. The first-order chi connectivity index (χ1) is 10.8. The SMILES string of the molecule is NCC(=O)Nc1nc(-c2ccc(-c3ccccc3)cc2)cs1. The molecule has 0 aliphatic carbocycles. The minimum Gasteiger partial charge on any atom is -0.322 e. The van der Waals surface area contributed by atoms with Gasteiger partial charge in [0, 0.05) is 10.9 Å². The average Bonchev–Trinajstić information content (AvgIpc) is 3.04. The van der Waals surface area contributed by atoms with Crippen LogP contribution in [-0.2, 0) is 4.79 Å². The second-order valence-electron chi connectivity index (χ2n) is 4.73. The highest BCUT2D eigenvalue weighted by Gasteiger charge is 2.07. The molecule has 110 valence electrons. The van der Waals surface area contributed by atoms with E-state index in [0.717, 1.165) is 16.8 Å². The number of thiazole rings is 1. The number of rotatable bonds is 4. The third-order valence-corrected chi connectivity index (χ3v) is 3.98. The topological polar surface area (TPSA) is 68.0 Å². The molecule has 0 fully saturated rings. The summed E-state index contributed by atoms with van der Waals surface area (Å²) in [4.78, 5) is 15.7. The smallest absolute Gasteiger partial charge is 0.239 e. The van der Waals surface area contributed by atoms with E-state index >= 15 is 0 Å². The van der Waals surface area contributed by atoms with Crippen LogP contribution >= 0.6 is 11.3 Å². The van der Waals surface area contributed by atoms with E-state index in [-0.39, 0.29) is 12.5 Å². The van der Waals surface area contributed by atoms with Crippen molar-refractivity contribution in [1.82, 2.24) is 4.98 Å². The average molecular weight is 309 g/mol. The molecule has 0 saturated heterocycles. The molecule has 0 spiro atoms. The highest BCUT2D eigenvalue weighted by Crippen LogP contribution is 2.27. The third-order valence-electron chi connectivity index (χ3n) is 3.22. The van der Waals surface area contributed by atoms with Crippen molar-refractivity contribution in [2.45, 2.75) is 0 Å². The monoisotopic (exact) mass is 309 g/mol. The molecule has 0 aliphatic rings. The lowest BCUT2D eigenvalue weighted by atomic mass is 10.0. The summed E-state index contributed by atoms with van der Waals surface area (Å²) in [5.74, 6) is -0.236. The maximum atomic E-state index is 11.3. The molecule has 0 saturated carbocycles. The second-order valence-corrected chi connectivity index (χ2v) is 5.59. The van der Waals surface area contributed by atoms with Gasteiger partial charge in [0.1, 0.15) is 0 Å². The molecule has 0 bridgehead atoms. The fourth-order valence-electron chi connectivity index (χ4n) is 2.10. The summed E-state index contributed by atoms with van der Waals surface area (Å²) in [5, 5.41) is 5.15. The van der Waals surface area contributed by atoms with Crippen LogP contribution in [0.3, 0.4) is 0 Å². The van der Waals surface area contributed by atoms with Gasteiger partial charge in [-0.2, -0.15) is 0 Å². The Morgan fingerprint density at radius 2 is 1.64 bits per heavy atom. The predicted octanol–water partition coefficient (Wildman–Crippen LogP) is 3.37. The normalized spacial score (nSPS) is 10.4. The fourth-order valence-corrected chi connectivity index (χ4v) is 2.83. The van der Waals surface area contributed by atoms with Crippen LogP contribution in [0.2, 0.25) is 0 Å². The molecule has 3 N–H and O–H groups in total. The highest BCUT2D eigenvalue weighted by atomic mass is 32.1. The van der Waals surface area contributed by atoms with Crippen LogP contribution in [0, 0.1) is 0 Å². The molecule has 5 heteroatoms. The van der Waals surface area contributed by atoms with Crippen molar-refractivity contribution in [3.8, 4) is 22.4 Å². The van der Waals surface area contributed by atoms with Gasteiger partial charge >= 0.3 is 0 Å². The van der Waals surface area contributed by atoms with Crippen LogP contribution in [0.4, 0.5) is 5.13 Å². The molecule has 1 amide bonds. The van der Waals surface area contributed by atoms with Gasteiger partial charge in [0.05, 0.1) is 12.2 Å². The van der Waals surface area contributed by atoms with Crippen LogP contribution in [0.15, 0.2) is 60.0 Å². The van der Waals surface area contributed by atoms with Crippen LogP contribution in [0.25, 0.3) is 22.4 Å². The number of hydrogen-bond acceptors (Lipinski definition) is 4. The maximum absolute atomic E-state index is 11.3. The van der Waals surface area contributed by atoms with Crippen LogP contribution in [-0.4, -0.2) is 17.4 Å². The Morgan fingerprint density at radius 3 is 2.32 bits per heavy atom. The van der Waals surface area contributed by atoms with Crippen molar-refractivity contribution >= 4 is 22.4 Å². The highest BCUT2D eigenvalue weighted by molar-refractivity contribution is 7.14. The van der Waals surface area contributed by atoms with Gasteiger partial charge in [0.25, 0.3) is 0 Å². The van der Waals surface area contributed by atoms with Gasteiger partial charge in [-0.1, -0.05) is 54.6 Å². The Kier molecular flexibility index (Phi) is 4.27. The van der Waals surface area contributed by atoms with E-state index in [9.17, 15) is 4.79 Å². The molecule has 0 atom stereocenters. The second kappa shape index (κ2) is 6.51. The number of carbonyl (C=O) groups excluding carboxylic acids is 1. The molecule has 0 aliphatic heterocycles. The minimum atomic E-state index is -0.236. The van der Waals surface area contributed by atoms with Crippen LogP contribution in [0.1, 0.15) is 0 Å². The number of benzene rings is 2. The molecule has 4 nitrogen and oxygen atoms in total. The number of nitrogens with zero attached hydrogens (tertiary/aromatic N) is 1. The summed E-state index contributed by atoms with van der Waals surface area (Å²) >= 11 is 1.39. The van der Waals surface area contributed by atoms with E-state index in [1.165, 1.54) is 16.9 Å². The van der Waals surface area contributed by atoms with Crippen molar-refractivity contribution in [3.63, 3.8) is 0 Å².